The van der Waals surface area contributed by atoms with Crippen molar-refractivity contribution in [3.05, 3.63) is 0 Å². The van der Waals surface area contributed by atoms with Gasteiger partial charge in [-0.05, 0) is 19.9 Å². The number of nitrogens with zero attached hydrogens (tertiary/aromatic N) is 1. The van der Waals surface area contributed by atoms with E-state index in [-0.39, 0.29) is 12.4 Å². The fraction of sp³-hybridized carbons (Fsp3) is 0.909. The van der Waals surface area contributed by atoms with Crippen LogP contribution in [0, 0.1) is 0 Å². The minimum absolute atomic E-state index is 0. The molecule has 0 saturated carbocycles. The molecular weight excluding hydrogens is 212 g/mol. The zero-order valence-corrected chi connectivity index (χ0v) is 10.6. The summed E-state index contributed by atoms with van der Waals surface area (Å²) >= 11 is 0. The van der Waals surface area contributed by atoms with Crippen LogP contribution in [0.3, 0.4) is 0 Å². The van der Waals surface area contributed by atoms with Gasteiger partial charge in [-0.25, -0.2) is 0 Å². The second-order valence-corrected chi connectivity index (χ2v) is 4.07. The molecule has 90 valence electrons. The number of carbonyl (C=O) groups excluding carboxylic acids is 1. The quantitative estimate of drug-likeness (QED) is 0.736. The van der Waals surface area contributed by atoms with Crippen LogP contribution in [0.4, 0.5) is 0 Å². The monoisotopic (exact) mass is 234 g/mol. The number of likely N-dealkylation sites (tertiary alicyclic amines) is 1. The molecule has 3 nitrogen and oxygen atoms in total. The Kier molecular flexibility index (Phi) is 7.79. The third kappa shape index (κ3) is 4.85. The highest BCUT2D eigenvalue weighted by molar-refractivity contribution is 5.85. The van der Waals surface area contributed by atoms with Gasteiger partial charge in [-0.15, -0.1) is 12.4 Å². The largest absolute Gasteiger partial charge is 0.341 e. The molecule has 4 heteroatoms. The molecule has 1 rings (SSSR count). The molecule has 0 aromatic rings. The predicted octanol–water partition coefficient (Wildman–Crippen LogP) is 1.81. The van der Waals surface area contributed by atoms with Gasteiger partial charge in [0.05, 0.1) is 0 Å². The topological polar surface area (TPSA) is 32.3 Å². The third-order valence-corrected chi connectivity index (χ3v) is 2.94. The molecule has 0 radical (unpaired) electrons. The van der Waals surface area contributed by atoms with E-state index in [1.807, 2.05) is 11.9 Å². The highest BCUT2D eigenvalue weighted by Crippen LogP contribution is 2.11. The Morgan fingerprint density at radius 1 is 1.47 bits per heavy atom. The lowest BCUT2D eigenvalue weighted by atomic mass is 10.2. The molecule has 1 aliphatic rings. The van der Waals surface area contributed by atoms with E-state index < -0.39 is 0 Å². The maximum absolute atomic E-state index is 11.7. The summed E-state index contributed by atoms with van der Waals surface area (Å²) in [6, 6.07) is 0.519. The predicted molar refractivity (Wildman–Crippen MR) is 65.4 cm³/mol. The normalized spacial score (nSPS) is 20.1. The summed E-state index contributed by atoms with van der Waals surface area (Å²) in [5.41, 5.74) is 0. The third-order valence-electron chi connectivity index (χ3n) is 2.94. The van der Waals surface area contributed by atoms with Gasteiger partial charge in [0.15, 0.2) is 0 Å². The lowest BCUT2D eigenvalue weighted by Crippen LogP contribution is -2.33. The molecule has 0 bridgehead atoms. The lowest BCUT2D eigenvalue weighted by Gasteiger charge is -2.16. The summed E-state index contributed by atoms with van der Waals surface area (Å²) in [5, 5.41) is 3.22. The number of hydrogen-bond acceptors (Lipinski definition) is 2. The molecule has 1 saturated heterocycles. The van der Waals surface area contributed by atoms with Crippen molar-refractivity contribution in [3.8, 4) is 0 Å². The van der Waals surface area contributed by atoms with Gasteiger partial charge in [-0.1, -0.05) is 19.8 Å². The number of hydrogen-bond donors (Lipinski definition) is 1. The molecule has 1 fully saturated rings. The van der Waals surface area contributed by atoms with Gasteiger partial charge in [0.25, 0.3) is 0 Å². The number of unbranched alkanes of at least 4 members (excludes halogenated alkanes) is 2. The number of nitrogens with one attached hydrogen (secondary N) is 1. The molecule has 0 aromatic heterocycles. The molecule has 1 aliphatic heterocycles. The maximum Gasteiger partial charge on any atom is 0.222 e. The van der Waals surface area contributed by atoms with E-state index in [0.717, 1.165) is 32.4 Å². The second kappa shape index (κ2) is 7.94. The van der Waals surface area contributed by atoms with Crippen molar-refractivity contribution >= 4 is 18.3 Å². The number of amides is 1. The summed E-state index contributed by atoms with van der Waals surface area (Å²) in [6.07, 6.45) is 5.26. The van der Waals surface area contributed by atoms with Crippen LogP contribution in [-0.2, 0) is 4.79 Å². The van der Waals surface area contributed by atoms with Crippen molar-refractivity contribution in [1.82, 2.24) is 10.2 Å². The standard InChI is InChI=1S/C11H22N2O.ClH/c1-3-4-5-6-11(14)13-8-7-10(9-13)12-2;/h10,12H,3-9H2,1-2H3;1H. The minimum Gasteiger partial charge on any atom is -0.341 e. The Hall–Kier alpha value is -0.280. The first-order valence-corrected chi connectivity index (χ1v) is 5.73. The molecule has 0 aromatic carbocycles. The summed E-state index contributed by atoms with van der Waals surface area (Å²) in [4.78, 5) is 13.7. The van der Waals surface area contributed by atoms with Gasteiger partial charge < -0.3 is 10.2 Å². The van der Waals surface area contributed by atoms with Crippen LogP contribution in [0.15, 0.2) is 0 Å². The van der Waals surface area contributed by atoms with Gasteiger partial charge in [-0.3, -0.25) is 4.79 Å². The SMILES string of the molecule is CCCCCC(=O)N1CCC(NC)C1.Cl. The van der Waals surface area contributed by atoms with Crippen LogP contribution < -0.4 is 5.32 Å². The Morgan fingerprint density at radius 2 is 2.20 bits per heavy atom. The highest BCUT2D eigenvalue weighted by atomic mass is 35.5. The average Bonchev–Trinajstić information content (AvgIpc) is 2.66. The first-order chi connectivity index (χ1) is 6.77. The van der Waals surface area contributed by atoms with E-state index in [9.17, 15) is 4.79 Å². The molecule has 1 atom stereocenters. The lowest BCUT2D eigenvalue weighted by molar-refractivity contribution is -0.130. The first-order valence-electron chi connectivity index (χ1n) is 5.73. The van der Waals surface area contributed by atoms with Gasteiger partial charge >= 0.3 is 0 Å². The van der Waals surface area contributed by atoms with Crippen molar-refractivity contribution in [2.75, 3.05) is 20.1 Å². The molecule has 0 spiro atoms. The molecule has 1 heterocycles. The maximum atomic E-state index is 11.7. The van der Waals surface area contributed by atoms with Gasteiger partial charge in [0.1, 0.15) is 0 Å². The molecular formula is C11H23ClN2O. The van der Waals surface area contributed by atoms with Crippen molar-refractivity contribution in [2.24, 2.45) is 0 Å². The van der Waals surface area contributed by atoms with E-state index in [1.165, 1.54) is 12.8 Å². The van der Waals surface area contributed by atoms with Crippen LogP contribution in [0.5, 0.6) is 0 Å². The van der Waals surface area contributed by atoms with Crippen molar-refractivity contribution in [2.45, 2.75) is 45.1 Å². The molecule has 1 N–H and O–H groups in total. The Labute approximate surface area is 99.0 Å². The number of carbonyl (C=O) groups is 1. The summed E-state index contributed by atoms with van der Waals surface area (Å²) < 4.78 is 0. The van der Waals surface area contributed by atoms with Crippen LogP contribution in [0.25, 0.3) is 0 Å². The second-order valence-electron chi connectivity index (χ2n) is 4.07. The summed E-state index contributed by atoms with van der Waals surface area (Å²) in [6.45, 7) is 4.01. The van der Waals surface area contributed by atoms with Crippen molar-refractivity contribution in [3.63, 3.8) is 0 Å². The van der Waals surface area contributed by atoms with Crippen LogP contribution in [-0.4, -0.2) is 37.0 Å². The van der Waals surface area contributed by atoms with Gasteiger partial charge in [0, 0.05) is 25.6 Å². The summed E-state index contributed by atoms with van der Waals surface area (Å²) in [7, 11) is 1.97. The fourth-order valence-electron chi connectivity index (χ4n) is 1.91. The Balaban J connectivity index is 0.00000196. The Morgan fingerprint density at radius 3 is 2.73 bits per heavy atom. The van der Waals surface area contributed by atoms with E-state index in [0.29, 0.717) is 11.9 Å². The zero-order chi connectivity index (χ0) is 10.4. The van der Waals surface area contributed by atoms with E-state index in [2.05, 4.69) is 12.2 Å². The van der Waals surface area contributed by atoms with E-state index >= 15 is 0 Å². The molecule has 1 amide bonds. The van der Waals surface area contributed by atoms with Crippen LogP contribution >= 0.6 is 12.4 Å². The van der Waals surface area contributed by atoms with Crippen molar-refractivity contribution < 1.29 is 4.79 Å². The highest BCUT2D eigenvalue weighted by Gasteiger charge is 2.24. The number of rotatable bonds is 5. The molecule has 0 aliphatic carbocycles. The summed E-state index contributed by atoms with van der Waals surface area (Å²) in [5.74, 6) is 0.344. The van der Waals surface area contributed by atoms with E-state index in [1.54, 1.807) is 0 Å². The van der Waals surface area contributed by atoms with Crippen LogP contribution in [0.2, 0.25) is 0 Å². The minimum atomic E-state index is 0. The van der Waals surface area contributed by atoms with E-state index in [4.69, 9.17) is 0 Å². The van der Waals surface area contributed by atoms with Gasteiger partial charge in [-0.2, -0.15) is 0 Å². The number of halogens is 1. The van der Waals surface area contributed by atoms with Crippen LogP contribution in [0.1, 0.15) is 39.0 Å². The van der Waals surface area contributed by atoms with Gasteiger partial charge in [0.2, 0.25) is 5.91 Å². The Bertz CT molecular complexity index is 187. The fourth-order valence-corrected chi connectivity index (χ4v) is 1.91. The number of likely N-dealkylation sites (N-methyl/N-ethyl adjacent to an activating group) is 1. The molecule has 1 unspecified atom stereocenters. The smallest absolute Gasteiger partial charge is 0.222 e. The molecule has 15 heavy (non-hydrogen) atoms. The van der Waals surface area contributed by atoms with Crippen molar-refractivity contribution in [1.29, 1.82) is 0 Å². The first kappa shape index (κ1) is 14.7. The zero-order valence-electron chi connectivity index (χ0n) is 9.79. The average molecular weight is 235 g/mol.